The molecule has 2 aromatic heterocycles. The fourth-order valence-corrected chi connectivity index (χ4v) is 3.13. The van der Waals surface area contributed by atoms with E-state index in [1.807, 2.05) is 13.8 Å². The van der Waals surface area contributed by atoms with Gasteiger partial charge in [0, 0.05) is 18.2 Å². The van der Waals surface area contributed by atoms with E-state index in [0.717, 1.165) is 0 Å². The number of ether oxygens (including phenoxy) is 2. The van der Waals surface area contributed by atoms with Crippen molar-refractivity contribution in [2.75, 3.05) is 13.2 Å². The predicted octanol–water partition coefficient (Wildman–Crippen LogP) is 3.97. The van der Waals surface area contributed by atoms with E-state index in [9.17, 15) is 14.7 Å². The predicted molar refractivity (Wildman–Crippen MR) is 112 cm³/mol. The van der Waals surface area contributed by atoms with Crippen LogP contribution in [0.2, 0.25) is 0 Å². The summed E-state index contributed by atoms with van der Waals surface area (Å²) in [6.07, 6.45) is 2.72. The molecule has 0 saturated carbocycles. The summed E-state index contributed by atoms with van der Waals surface area (Å²) in [5.41, 5.74) is 1.78. The van der Waals surface area contributed by atoms with Crippen LogP contribution in [0.3, 0.4) is 0 Å². The van der Waals surface area contributed by atoms with Crippen molar-refractivity contribution in [3.63, 3.8) is 0 Å². The van der Waals surface area contributed by atoms with Crippen LogP contribution in [0.1, 0.15) is 35.6 Å². The molecule has 8 heteroatoms. The Morgan fingerprint density at radius 3 is 2.55 bits per heavy atom. The average molecular weight is 424 g/mol. The summed E-state index contributed by atoms with van der Waals surface area (Å²) in [6, 6.07) is 8.71. The summed E-state index contributed by atoms with van der Waals surface area (Å²) in [4.78, 5) is 33.0. The van der Waals surface area contributed by atoms with Crippen LogP contribution < -0.4 is 9.47 Å². The van der Waals surface area contributed by atoms with Crippen molar-refractivity contribution >= 4 is 11.8 Å². The van der Waals surface area contributed by atoms with E-state index in [4.69, 9.17) is 13.9 Å². The monoisotopic (exact) mass is 424 g/mol. The molecular formula is C23H24N2O6. The van der Waals surface area contributed by atoms with Gasteiger partial charge in [-0.1, -0.05) is 6.07 Å². The maximum atomic E-state index is 12.8. The van der Waals surface area contributed by atoms with Gasteiger partial charge in [0.1, 0.15) is 17.9 Å². The van der Waals surface area contributed by atoms with E-state index < -0.39 is 17.7 Å². The molecule has 162 valence electrons. The molecule has 3 rings (SSSR count). The lowest BCUT2D eigenvalue weighted by atomic mass is 9.94. The van der Waals surface area contributed by atoms with Gasteiger partial charge >= 0.3 is 5.97 Å². The minimum atomic E-state index is -1.31. The van der Waals surface area contributed by atoms with Crippen LogP contribution in [0.15, 0.2) is 47.2 Å². The van der Waals surface area contributed by atoms with E-state index in [1.165, 1.54) is 12.5 Å². The van der Waals surface area contributed by atoms with Gasteiger partial charge in [-0.2, -0.15) is 0 Å². The molecule has 1 aromatic carbocycles. The molecule has 0 amide bonds. The number of benzene rings is 1. The third kappa shape index (κ3) is 5.09. The lowest BCUT2D eigenvalue weighted by molar-refractivity contribution is -0.139. The number of aryl methyl sites for hydroxylation is 1. The zero-order valence-corrected chi connectivity index (χ0v) is 17.6. The molecule has 2 heterocycles. The second-order valence-electron chi connectivity index (χ2n) is 6.80. The molecule has 0 saturated heterocycles. The Kier molecular flexibility index (Phi) is 7.02. The van der Waals surface area contributed by atoms with E-state index in [-0.39, 0.29) is 12.1 Å². The number of aliphatic carboxylic acids is 1. The first kappa shape index (κ1) is 22.0. The first-order chi connectivity index (χ1) is 14.9. The van der Waals surface area contributed by atoms with Crippen molar-refractivity contribution in [2.24, 2.45) is 5.92 Å². The molecule has 0 aliphatic rings. The minimum Gasteiger partial charge on any atom is -0.490 e. The maximum Gasteiger partial charge on any atom is 0.314 e. The number of hydrogen-bond acceptors (Lipinski definition) is 7. The quantitative estimate of drug-likeness (QED) is 0.384. The fourth-order valence-electron chi connectivity index (χ4n) is 3.13. The normalized spacial score (nSPS) is 11.7. The Balaban J connectivity index is 1.84. The second-order valence-corrected chi connectivity index (χ2v) is 6.80. The largest absolute Gasteiger partial charge is 0.490 e. The van der Waals surface area contributed by atoms with Crippen molar-refractivity contribution < 1.29 is 28.6 Å². The highest BCUT2D eigenvalue weighted by molar-refractivity contribution is 6.07. The maximum absolute atomic E-state index is 12.8. The summed E-state index contributed by atoms with van der Waals surface area (Å²) in [5.74, 6) is -1.64. The van der Waals surface area contributed by atoms with Crippen LogP contribution in [0.4, 0.5) is 0 Å². The van der Waals surface area contributed by atoms with Crippen LogP contribution in [0.25, 0.3) is 11.5 Å². The molecule has 0 aliphatic heterocycles. The van der Waals surface area contributed by atoms with E-state index >= 15 is 0 Å². The standard InChI is InChI=1S/C23H24N2O6/c1-4-29-18-9-8-15(11-19(18)30-5-2)22-25-16(13-31-22)12-17(23(27)28)21(26)20-14(3)7-6-10-24-20/h6-11,13,17H,4-5,12H2,1-3H3,(H,27,28). The molecule has 0 bridgehead atoms. The first-order valence-electron chi connectivity index (χ1n) is 9.97. The van der Waals surface area contributed by atoms with Gasteiger partial charge in [-0.05, 0) is 50.6 Å². The summed E-state index contributed by atoms with van der Waals surface area (Å²) >= 11 is 0. The number of ketones is 1. The molecule has 0 spiro atoms. The lowest BCUT2D eigenvalue weighted by Crippen LogP contribution is -2.27. The van der Waals surface area contributed by atoms with Crippen molar-refractivity contribution in [1.29, 1.82) is 0 Å². The third-order valence-corrected chi connectivity index (χ3v) is 4.61. The van der Waals surface area contributed by atoms with Gasteiger partial charge < -0.3 is 19.0 Å². The molecule has 0 radical (unpaired) electrons. The van der Waals surface area contributed by atoms with Crippen LogP contribution >= 0.6 is 0 Å². The molecule has 0 fully saturated rings. The van der Waals surface area contributed by atoms with E-state index in [0.29, 0.717) is 47.4 Å². The SMILES string of the molecule is CCOc1ccc(-c2nc(CC(C(=O)O)C(=O)c3ncccc3C)co2)cc1OCC. The topological polar surface area (TPSA) is 112 Å². The van der Waals surface area contributed by atoms with Crippen LogP contribution in [-0.4, -0.2) is 40.0 Å². The van der Waals surface area contributed by atoms with E-state index in [1.54, 1.807) is 37.3 Å². The highest BCUT2D eigenvalue weighted by atomic mass is 16.5. The Hall–Kier alpha value is -3.68. The molecule has 3 aromatic rings. The molecule has 8 nitrogen and oxygen atoms in total. The number of carbonyl (C=O) groups is 2. The van der Waals surface area contributed by atoms with Crippen molar-refractivity contribution in [3.8, 4) is 23.0 Å². The van der Waals surface area contributed by atoms with Gasteiger partial charge in [-0.3, -0.25) is 14.6 Å². The number of carbonyl (C=O) groups excluding carboxylic acids is 1. The highest BCUT2D eigenvalue weighted by Gasteiger charge is 2.30. The highest BCUT2D eigenvalue weighted by Crippen LogP contribution is 2.33. The summed E-state index contributed by atoms with van der Waals surface area (Å²) in [6.45, 7) is 6.45. The Bertz CT molecular complexity index is 1080. The fraction of sp³-hybridized carbons (Fsp3) is 0.304. The van der Waals surface area contributed by atoms with Crippen molar-refractivity contribution in [3.05, 3.63) is 59.7 Å². The second kappa shape index (κ2) is 9.88. The van der Waals surface area contributed by atoms with Gasteiger partial charge in [-0.15, -0.1) is 0 Å². The Morgan fingerprint density at radius 1 is 1.13 bits per heavy atom. The van der Waals surface area contributed by atoms with Gasteiger partial charge in [0.25, 0.3) is 0 Å². The van der Waals surface area contributed by atoms with Crippen molar-refractivity contribution in [2.45, 2.75) is 27.2 Å². The van der Waals surface area contributed by atoms with Gasteiger partial charge in [0.15, 0.2) is 17.3 Å². The number of hydrogen-bond donors (Lipinski definition) is 1. The minimum absolute atomic E-state index is 0.108. The Morgan fingerprint density at radius 2 is 1.87 bits per heavy atom. The number of pyridine rings is 1. The number of oxazole rings is 1. The number of nitrogens with zero attached hydrogens (tertiary/aromatic N) is 2. The van der Waals surface area contributed by atoms with Gasteiger partial charge in [0.05, 0.1) is 18.9 Å². The number of aromatic nitrogens is 2. The van der Waals surface area contributed by atoms with Crippen LogP contribution in [0.5, 0.6) is 11.5 Å². The lowest BCUT2D eigenvalue weighted by Gasteiger charge is -2.11. The Labute approximate surface area is 179 Å². The first-order valence-corrected chi connectivity index (χ1v) is 9.97. The molecule has 1 unspecified atom stereocenters. The van der Waals surface area contributed by atoms with Gasteiger partial charge in [0.2, 0.25) is 5.89 Å². The zero-order valence-electron chi connectivity index (χ0n) is 17.6. The number of rotatable bonds is 10. The molecule has 0 aliphatic carbocycles. The number of carboxylic acid groups (broad SMARTS) is 1. The summed E-state index contributed by atoms with van der Waals surface area (Å²) < 4.78 is 16.7. The van der Waals surface area contributed by atoms with E-state index in [2.05, 4.69) is 9.97 Å². The molecule has 1 N–H and O–H groups in total. The molecule has 1 atom stereocenters. The van der Waals surface area contributed by atoms with Crippen LogP contribution in [0, 0.1) is 12.8 Å². The van der Waals surface area contributed by atoms with Crippen molar-refractivity contribution in [1.82, 2.24) is 9.97 Å². The zero-order chi connectivity index (χ0) is 22.4. The smallest absolute Gasteiger partial charge is 0.314 e. The number of Topliss-reactive ketones (excluding diaryl/α,β-unsaturated/α-hetero) is 1. The molecular weight excluding hydrogens is 400 g/mol. The third-order valence-electron chi connectivity index (χ3n) is 4.61. The summed E-state index contributed by atoms with van der Waals surface area (Å²) in [7, 11) is 0. The number of carboxylic acids is 1. The summed E-state index contributed by atoms with van der Waals surface area (Å²) in [5, 5.41) is 9.62. The van der Waals surface area contributed by atoms with Crippen LogP contribution in [-0.2, 0) is 11.2 Å². The average Bonchev–Trinajstić information content (AvgIpc) is 3.22. The molecule has 31 heavy (non-hydrogen) atoms. The van der Waals surface area contributed by atoms with Gasteiger partial charge in [-0.25, -0.2) is 4.98 Å².